The Bertz CT molecular complexity index is 1790. The molecule has 2 aromatic heterocycles. The summed E-state index contributed by atoms with van der Waals surface area (Å²) in [4.78, 5) is 30.9. The summed E-state index contributed by atoms with van der Waals surface area (Å²) < 4.78 is 14.0. The van der Waals surface area contributed by atoms with E-state index in [2.05, 4.69) is 64.5 Å². The summed E-state index contributed by atoms with van der Waals surface area (Å²) in [7, 11) is 3.98. The van der Waals surface area contributed by atoms with Gasteiger partial charge in [0.05, 0.1) is 22.4 Å². The fourth-order valence-electron chi connectivity index (χ4n) is 6.22. The molecule has 0 unspecified atom stereocenters. The number of urea groups is 1. The Morgan fingerprint density at radius 2 is 1.88 bits per heavy atom. The minimum atomic E-state index is -0.327. The fraction of sp³-hybridized carbons (Fsp3) is 0.472. The Kier molecular flexibility index (Phi) is 12.1. The Labute approximate surface area is 303 Å². The highest BCUT2D eigenvalue weighted by atomic mass is 35.5. The van der Waals surface area contributed by atoms with Gasteiger partial charge in [0.15, 0.2) is 0 Å². The maximum absolute atomic E-state index is 13.6. The number of benzene rings is 2. The maximum Gasteiger partial charge on any atom is 0.320 e. The summed E-state index contributed by atoms with van der Waals surface area (Å²) >= 11 is 6.47. The third kappa shape index (κ3) is 9.30. The zero-order chi connectivity index (χ0) is 36.7. The lowest BCUT2D eigenvalue weighted by atomic mass is 9.85. The standard InChI is InChI=1S/C35H46ClN9O3.CH2O2/c1-22-10-9-17-44(22)32-39-34(41-40-32)48-28-16-15-27(24-11-7-8-12-25(24)28)37-33(46)38-31-21-30(35(2,3)4)42-45(31)23-13-14-26(36)29(20-23)47-19-18-43(5)6;2-1-3/h7-8,11-14,20-22,27-28H,9-10,15-19H2,1-6H3,(H2,37,38,46)(H,39,40,41);1H,(H,2,3)/t22-,27-,28+;/m0./s1. The number of aromatic nitrogens is 5. The molecule has 1 aliphatic carbocycles. The SMILES string of the molecule is C[C@H]1CCCN1c1n[nH]c(O[C@@H]2CC[C@H](NC(=O)Nc3cc(C(C)(C)C)nn3-c3ccc(Cl)c(OCCN(C)C)c3)c3ccccc32)n1.O=CO. The van der Waals surface area contributed by atoms with Crippen LogP contribution < -0.4 is 25.0 Å². The number of hydrogen-bond donors (Lipinski definition) is 4. The molecule has 3 atom stereocenters. The smallest absolute Gasteiger partial charge is 0.320 e. The summed E-state index contributed by atoms with van der Waals surface area (Å²) in [5, 5.41) is 25.9. The second kappa shape index (κ2) is 16.5. The van der Waals surface area contributed by atoms with Gasteiger partial charge in [-0.15, -0.1) is 5.10 Å². The molecule has 0 saturated carbocycles. The lowest BCUT2D eigenvalue weighted by Crippen LogP contribution is -2.36. The molecule has 2 aliphatic rings. The van der Waals surface area contributed by atoms with Crippen molar-refractivity contribution in [2.24, 2.45) is 0 Å². The van der Waals surface area contributed by atoms with Gasteiger partial charge in [0.25, 0.3) is 6.47 Å². The average molecular weight is 722 g/mol. The quantitative estimate of drug-likeness (QED) is 0.136. The summed E-state index contributed by atoms with van der Waals surface area (Å²) in [6.45, 7) is 10.4. The second-order valence-electron chi connectivity index (χ2n) is 14.0. The van der Waals surface area contributed by atoms with Gasteiger partial charge in [0.2, 0.25) is 5.95 Å². The van der Waals surface area contributed by atoms with Crippen LogP contribution in [0.15, 0.2) is 48.5 Å². The molecule has 0 radical (unpaired) electrons. The van der Waals surface area contributed by atoms with Gasteiger partial charge in [-0.05, 0) is 70.0 Å². The van der Waals surface area contributed by atoms with Gasteiger partial charge in [0, 0.05) is 36.7 Å². The number of nitrogens with zero attached hydrogens (tertiary/aromatic N) is 6. The molecule has 15 heteroatoms. The topological polar surface area (TPSA) is 163 Å². The van der Waals surface area contributed by atoms with Crippen molar-refractivity contribution >= 4 is 35.9 Å². The van der Waals surface area contributed by atoms with Crippen LogP contribution in [0.4, 0.5) is 16.6 Å². The van der Waals surface area contributed by atoms with Gasteiger partial charge in [-0.1, -0.05) is 56.6 Å². The zero-order valence-electron chi connectivity index (χ0n) is 30.0. The van der Waals surface area contributed by atoms with E-state index in [1.807, 2.05) is 55.4 Å². The van der Waals surface area contributed by atoms with Gasteiger partial charge >= 0.3 is 12.0 Å². The van der Waals surface area contributed by atoms with Crippen molar-refractivity contribution in [3.05, 3.63) is 70.4 Å². The zero-order valence-corrected chi connectivity index (χ0v) is 30.8. The highest BCUT2D eigenvalue weighted by Crippen LogP contribution is 2.39. The minimum Gasteiger partial charge on any atom is -0.491 e. The number of H-pyrrole nitrogens is 1. The molecule has 14 nitrogen and oxygen atoms in total. The van der Waals surface area contributed by atoms with Crippen LogP contribution in [0.1, 0.15) is 82.3 Å². The van der Waals surface area contributed by atoms with Crippen molar-refractivity contribution in [1.82, 2.24) is 35.2 Å². The number of nitrogens with one attached hydrogen (secondary N) is 3. The molecule has 2 amide bonds. The maximum atomic E-state index is 13.6. The van der Waals surface area contributed by atoms with Gasteiger partial charge < -0.3 is 29.7 Å². The van der Waals surface area contributed by atoms with Gasteiger partial charge in [0.1, 0.15) is 24.3 Å². The highest BCUT2D eigenvalue weighted by Gasteiger charge is 2.31. The Hall–Kier alpha value is -4.82. The van der Waals surface area contributed by atoms with E-state index in [0.29, 0.717) is 54.0 Å². The first-order chi connectivity index (χ1) is 24.4. The van der Waals surface area contributed by atoms with Crippen LogP contribution in [0, 0.1) is 0 Å². The first kappa shape index (κ1) is 37.4. The average Bonchev–Trinajstić information content (AvgIpc) is 3.83. The predicted molar refractivity (Wildman–Crippen MR) is 196 cm³/mol. The van der Waals surface area contributed by atoms with Crippen LogP contribution in [0.25, 0.3) is 5.69 Å². The van der Waals surface area contributed by atoms with E-state index in [4.69, 9.17) is 36.1 Å². The van der Waals surface area contributed by atoms with E-state index >= 15 is 0 Å². The minimum absolute atomic E-state index is 0.206. The number of aromatic amines is 1. The first-order valence-electron chi connectivity index (χ1n) is 17.2. The highest BCUT2D eigenvalue weighted by molar-refractivity contribution is 6.32. The van der Waals surface area contributed by atoms with Gasteiger partial charge in [-0.3, -0.25) is 10.1 Å². The molecule has 274 valence electrons. The van der Waals surface area contributed by atoms with Crippen molar-refractivity contribution in [1.29, 1.82) is 0 Å². The lowest BCUT2D eigenvalue weighted by molar-refractivity contribution is -0.122. The van der Waals surface area contributed by atoms with Crippen LogP contribution in [-0.2, 0) is 10.2 Å². The fourth-order valence-corrected chi connectivity index (χ4v) is 6.40. The number of hydrogen-bond acceptors (Lipinski definition) is 9. The molecule has 51 heavy (non-hydrogen) atoms. The van der Waals surface area contributed by atoms with Crippen molar-refractivity contribution in [3.63, 3.8) is 0 Å². The Balaban J connectivity index is 0.00000162. The number of carbonyl (C=O) groups excluding carboxylic acids is 1. The molecule has 2 aromatic carbocycles. The number of carboxylic acid groups (broad SMARTS) is 1. The predicted octanol–water partition coefficient (Wildman–Crippen LogP) is 6.35. The molecule has 0 spiro atoms. The van der Waals surface area contributed by atoms with E-state index in [-0.39, 0.29) is 30.1 Å². The number of fused-ring (bicyclic) bond motifs is 1. The molecule has 4 N–H and O–H groups in total. The molecule has 0 bridgehead atoms. The molecule has 3 heterocycles. The summed E-state index contributed by atoms with van der Waals surface area (Å²) in [5.74, 6) is 1.77. The molecule has 6 rings (SSSR count). The van der Waals surface area contributed by atoms with E-state index in [1.54, 1.807) is 10.7 Å². The van der Waals surface area contributed by atoms with Crippen molar-refractivity contribution in [2.45, 2.75) is 77.0 Å². The van der Waals surface area contributed by atoms with E-state index < -0.39 is 0 Å². The van der Waals surface area contributed by atoms with Crippen molar-refractivity contribution in [2.75, 3.05) is 44.0 Å². The van der Waals surface area contributed by atoms with Gasteiger partial charge in [-0.25, -0.2) is 14.6 Å². The number of ether oxygens (including phenoxy) is 2. The van der Waals surface area contributed by atoms with Crippen molar-refractivity contribution in [3.8, 4) is 17.4 Å². The first-order valence-corrected chi connectivity index (χ1v) is 17.5. The summed E-state index contributed by atoms with van der Waals surface area (Å²) in [5.41, 5.74) is 3.34. The summed E-state index contributed by atoms with van der Waals surface area (Å²) in [6.07, 6.45) is 3.45. The van der Waals surface area contributed by atoms with E-state index in [1.165, 1.54) is 0 Å². The number of likely N-dealkylation sites (N-methyl/N-ethyl adjacent to an activating group) is 1. The lowest BCUT2D eigenvalue weighted by Gasteiger charge is -2.31. The number of anilines is 2. The molecule has 1 aliphatic heterocycles. The summed E-state index contributed by atoms with van der Waals surface area (Å²) in [6, 6.07) is 15.8. The normalized spacial score (nSPS) is 18.4. The number of halogens is 1. The molecule has 1 fully saturated rings. The van der Waals surface area contributed by atoms with Gasteiger partial charge in [-0.2, -0.15) is 10.1 Å². The third-order valence-electron chi connectivity index (χ3n) is 8.93. The molecular formula is C36H48ClN9O5. The number of rotatable bonds is 10. The largest absolute Gasteiger partial charge is 0.491 e. The monoisotopic (exact) mass is 721 g/mol. The van der Waals surface area contributed by atoms with E-state index in [9.17, 15) is 4.79 Å². The molecule has 1 saturated heterocycles. The van der Waals surface area contributed by atoms with Crippen LogP contribution >= 0.6 is 11.6 Å². The Morgan fingerprint density at radius 3 is 2.57 bits per heavy atom. The third-order valence-corrected chi connectivity index (χ3v) is 9.25. The van der Waals surface area contributed by atoms with Crippen LogP contribution in [0.5, 0.6) is 11.8 Å². The molecule has 4 aromatic rings. The van der Waals surface area contributed by atoms with Crippen molar-refractivity contribution < 1.29 is 24.2 Å². The van der Waals surface area contributed by atoms with Crippen LogP contribution in [-0.4, -0.2) is 87.3 Å². The van der Waals surface area contributed by atoms with Crippen LogP contribution in [0.3, 0.4) is 0 Å². The Morgan fingerprint density at radius 1 is 1.14 bits per heavy atom. The van der Waals surface area contributed by atoms with Crippen LogP contribution in [0.2, 0.25) is 5.02 Å². The molecular weight excluding hydrogens is 674 g/mol. The second-order valence-corrected chi connectivity index (χ2v) is 14.4. The number of carbonyl (C=O) groups is 2. The van der Waals surface area contributed by atoms with E-state index in [0.717, 1.165) is 48.4 Å². The number of amides is 2.